The third-order valence-corrected chi connectivity index (χ3v) is 4.56. The van der Waals surface area contributed by atoms with Crippen molar-refractivity contribution in [3.8, 4) is 0 Å². The molecule has 3 amide bonds. The van der Waals surface area contributed by atoms with Gasteiger partial charge in [-0.25, -0.2) is 15.0 Å². The monoisotopic (exact) mass is 405 g/mol. The van der Waals surface area contributed by atoms with Gasteiger partial charge in [-0.2, -0.15) is 0 Å². The highest BCUT2D eigenvalue weighted by molar-refractivity contribution is 5.79. The number of likely N-dealkylation sites (tertiary alicyclic amines) is 1. The Kier molecular flexibility index (Phi) is 8.30. The van der Waals surface area contributed by atoms with Crippen molar-refractivity contribution in [2.75, 3.05) is 13.1 Å². The van der Waals surface area contributed by atoms with Gasteiger partial charge in [0, 0.05) is 19.5 Å². The van der Waals surface area contributed by atoms with Crippen molar-refractivity contribution < 1.29 is 23.9 Å². The first kappa shape index (κ1) is 22.5. The van der Waals surface area contributed by atoms with Crippen LogP contribution in [0.5, 0.6) is 0 Å². The zero-order chi connectivity index (χ0) is 21.3. The third-order valence-electron chi connectivity index (χ3n) is 4.56. The van der Waals surface area contributed by atoms with E-state index in [1.807, 2.05) is 51.1 Å². The summed E-state index contributed by atoms with van der Waals surface area (Å²) in [4.78, 5) is 37.3. The second-order valence-corrected chi connectivity index (χ2v) is 8.18. The summed E-state index contributed by atoms with van der Waals surface area (Å²) < 4.78 is 10.4. The summed E-state index contributed by atoms with van der Waals surface area (Å²) in [7, 11) is 0. The molecule has 1 aromatic rings. The molecule has 1 saturated heterocycles. The molecule has 8 nitrogen and oxygen atoms in total. The summed E-state index contributed by atoms with van der Waals surface area (Å²) in [5.41, 5.74) is 4.99. The zero-order valence-electron chi connectivity index (χ0n) is 17.4. The van der Waals surface area contributed by atoms with Gasteiger partial charge in [-0.1, -0.05) is 30.3 Å². The van der Waals surface area contributed by atoms with E-state index in [1.54, 1.807) is 4.90 Å². The van der Waals surface area contributed by atoms with E-state index in [4.69, 9.17) is 9.47 Å². The van der Waals surface area contributed by atoms with Crippen LogP contribution in [0, 0.1) is 5.92 Å². The normalized spacial score (nSPS) is 14.8. The van der Waals surface area contributed by atoms with Crippen LogP contribution >= 0.6 is 0 Å². The van der Waals surface area contributed by atoms with Gasteiger partial charge in [0.05, 0.1) is 0 Å². The Morgan fingerprint density at radius 2 is 1.72 bits per heavy atom. The molecule has 1 aliphatic rings. The minimum Gasteiger partial charge on any atom is -0.444 e. The van der Waals surface area contributed by atoms with Gasteiger partial charge in [-0.05, 0) is 51.5 Å². The molecule has 0 aromatic heterocycles. The highest BCUT2D eigenvalue weighted by Crippen LogP contribution is 2.23. The standard InChI is InChI=1S/C21H31N3O5/c1-21(2,3)29-20(27)24-13-11-16(12-14-24)9-10-18(25)22-23-19(26)28-15-17-7-5-4-6-8-17/h4-8,16H,9-15H2,1-3H3,(H,22,25)(H,23,26). The van der Waals surface area contributed by atoms with Gasteiger partial charge in [0.15, 0.2) is 0 Å². The van der Waals surface area contributed by atoms with Crippen molar-refractivity contribution in [2.24, 2.45) is 5.92 Å². The summed E-state index contributed by atoms with van der Waals surface area (Å²) >= 11 is 0. The summed E-state index contributed by atoms with van der Waals surface area (Å²) in [6, 6.07) is 9.29. The number of benzene rings is 1. The first-order valence-corrected chi connectivity index (χ1v) is 9.96. The quantitative estimate of drug-likeness (QED) is 0.732. The molecule has 0 aliphatic carbocycles. The third kappa shape index (κ3) is 8.85. The topological polar surface area (TPSA) is 97.0 Å². The first-order chi connectivity index (χ1) is 13.7. The van der Waals surface area contributed by atoms with Gasteiger partial charge in [0.1, 0.15) is 12.2 Å². The second kappa shape index (κ2) is 10.7. The number of hydrogen-bond acceptors (Lipinski definition) is 5. The Morgan fingerprint density at radius 3 is 2.34 bits per heavy atom. The lowest BCUT2D eigenvalue weighted by molar-refractivity contribution is -0.122. The van der Waals surface area contributed by atoms with Crippen molar-refractivity contribution in [1.29, 1.82) is 0 Å². The molecular formula is C21H31N3O5. The maximum Gasteiger partial charge on any atom is 0.426 e. The smallest absolute Gasteiger partial charge is 0.426 e. The van der Waals surface area contributed by atoms with E-state index in [-0.39, 0.29) is 18.6 Å². The summed E-state index contributed by atoms with van der Waals surface area (Å²) in [5.74, 6) is 0.0979. The number of nitrogens with one attached hydrogen (secondary N) is 2. The van der Waals surface area contributed by atoms with Gasteiger partial charge < -0.3 is 14.4 Å². The fourth-order valence-corrected chi connectivity index (χ4v) is 3.01. The molecule has 8 heteroatoms. The summed E-state index contributed by atoms with van der Waals surface area (Å²) in [6.07, 6.45) is 1.68. The number of carbonyl (C=O) groups excluding carboxylic acids is 3. The minimum absolute atomic E-state index is 0.138. The van der Waals surface area contributed by atoms with Crippen LogP contribution in [-0.2, 0) is 20.9 Å². The highest BCUT2D eigenvalue weighted by atomic mass is 16.6. The molecule has 2 rings (SSSR count). The molecule has 160 valence electrons. The van der Waals surface area contributed by atoms with E-state index < -0.39 is 11.7 Å². The van der Waals surface area contributed by atoms with Crippen molar-refractivity contribution in [2.45, 2.75) is 58.7 Å². The largest absolute Gasteiger partial charge is 0.444 e. The van der Waals surface area contributed by atoms with E-state index >= 15 is 0 Å². The Labute approximate surface area is 171 Å². The molecule has 0 radical (unpaired) electrons. The first-order valence-electron chi connectivity index (χ1n) is 9.96. The molecule has 0 saturated carbocycles. The van der Waals surface area contributed by atoms with E-state index in [1.165, 1.54) is 0 Å². The molecule has 1 aliphatic heterocycles. The van der Waals surface area contributed by atoms with Gasteiger partial charge in [-0.3, -0.25) is 10.2 Å². The Balaban J connectivity index is 1.57. The van der Waals surface area contributed by atoms with E-state index in [0.29, 0.717) is 31.8 Å². The summed E-state index contributed by atoms with van der Waals surface area (Å²) in [6.45, 7) is 6.94. The van der Waals surface area contributed by atoms with E-state index in [2.05, 4.69) is 10.9 Å². The van der Waals surface area contributed by atoms with Crippen LogP contribution in [0.3, 0.4) is 0 Å². The van der Waals surface area contributed by atoms with Crippen LogP contribution < -0.4 is 10.9 Å². The highest BCUT2D eigenvalue weighted by Gasteiger charge is 2.27. The van der Waals surface area contributed by atoms with Gasteiger partial charge in [-0.15, -0.1) is 0 Å². The second-order valence-electron chi connectivity index (χ2n) is 8.18. The van der Waals surface area contributed by atoms with Crippen LogP contribution in [0.15, 0.2) is 30.3 Å². The lowest BCUT2D eigenvalue weighted by Gasteiger charge is -2.33. The van der Waals surface area contributed by atoms with Crippen LogP contribution in [0.4, 0.5) is 9.59 Å². The average Bonchev–Trinajstić information content (AvgIpc) is 2.69. The van der Waals surface area contributed by atoms with Gasteiger partial charge >= 0.3 is 12.2 Å². The maximum absolute atomic E-state index is 12.1. The van der Waals surface area contributed by atoms with Crippen molar-refractivity contribution >= 4 is 18.1 Å². The Morgan fingerprint density at radius 1 is 1.07 bits per heavy atom. The fraction of sp³-hybridized carbons (Fsp3) is 0.571. The van der Waals surface area contributed by atoms with E-state index in [0.717, 1.165) is 18.4 Å². The number of hydrazine groups is 1. The van der Waals surface area contributed by atoms with Gasteiger partial charge in [0.25, 0.3) is 0 Å². The van der Waals surface area contributed by atoms with Crippen molar-refractivity contribution in [1.82, 2.24) is 15.8 Å². The van der Waals surface area contributed by atoms with Crippen LogP contribution in [0.1, 0.15) is 52.0 Å². The van der Waals surface area contributed by atoms with Crippen LogP contribution in [0.2, 0.25) is 0 Å². The van der Waals surface area contributed by atoms with Crippen molar-refractivity contribution in [3.05, 3.63) is 35.9 Å². The molecule has 2 N–H and O–H groups in total. The minimum atomic E-state index is -0.701. The predicted octanol–water partition coefficient (Wildman–Crippen LogP) is 3.37. The van der Waals surface area contributed by atoms with Crippen molar-refractivity contribution in [3.63, 3.8) is 0 Å². The zero-order valence-corrected chi connectivity index (χ0v) is 17.4. The SMILES string of the molecule is CC(C)(C)OC(=O)N1CCC(CCC(=O)NNC(=O)OCc2ccccc2)CC1. The molecular weight excluding hydrogens is 374 g/mol. The number of hydrogen-bond donors (Lipinski definition) is 2. The van der Waals surface area contributed by atoms with Gasteiger partial charge in [0.2, 0.25) is 5.91 Å². The Bertz CT molecular complexity index is 679. The number of rotatable bonds is 5. The molecule has 1 aromatic carbocycles. The molecule has 0 unspecified atom stereocenters. The number of carbonyl (C=O) groups is 3. The summed E-state index contributed by atoms with van der Waals surface area (Å²) in [5, 5.41) is 0. The molecule has 0 bridgehead atoms. The number of amides is 3. The lowest BCUT2D eigenvalue weighted by atomic mass is 9.92. The number of ether oxygens (including phenoxy) is 2. The average molecular weight is 405 g/mol. The lowest BCUT2D eigenvalue weighted by Crippen LogP contribution is -2.43. The molecule has 0 spiro atoms. The molecule has 1 heterocycles. The molecule has 29 heavy (non-hydrogen) atoms. The fourth-order valence-electron chi connectivity index (χ4n) is 3.01. The van der Waals surface area contributed by atoms with Crippen LogP contribution in [0.25, 0.3) is 0 Å². The maximum atomic E-state index is 12.1. The predicted molar refractivity (Wildman–Crippen MR) is 108 cm³/mol. The van der Waals surface area contributed by atoms with Crippen LogP contribution in [-0.4, -0.2) is 41.7 Å². The number of nitrogens with zero attached hydrogens (tertiary/aromatic N) is 1. The number of piperidine rings is 1. The Hall–Kier alpha value is -2.77. The molecule has 0 atom stereocenters. The molecule has 1 fully saturated rings. The van der Waals surface area contributed by atoms with E-state index in [9.17, 15) is 14.4 Å².